The van der Waals surface area contributed by atoms with E-state index in [9.17, 15) is 18.5 Å². The van der Waals surface area contributed by atoms with E-state index in [1.165, 1.54) is 25.0 Å². The Morgan fingerprint density at radius 3 is 1.88 bits per heavy atom. The van der Waals surface area contributed by atoms with Crippen molar-refractivity contribution in [3.63, 3.8) is 0 Å². The van der Waals surface area contributed by atoms with E-state index in [-0.39, 0.29) is 22.4 Å². The van der Waals surface area contributed by atoms with Crippen LogP contribution in [0.2, 0.25) is 0 Å². The average molecular weight is 365 g/mol. The van der Waals surface area contributed by atoms with Gasteiger partial charge in [-0.1, -0.05) is 50.7 Å². The quantitative estimate of drug-likeness (QED) is 0.783. The highest BCUT2D eigenvalue weighted by Crippen LogP contribution is 2.34. The summed E-state index contributed by atoms with van der Waals surface area (Å²) in [5.74, 6) is 0. The Kier molecular flexibility index (Phi) is 6.20. The SMILES string of the molecule is O=S(=O)(c1cccc(B(O)O)c1)N(C1CCCCC1)C1CCCCC1. The maximum atomic E-state index is 13.5. The van der Waals surface area contributed by atoms with E-state index in [1.807, 2.05) is 0 Å². The molecule has 0 aromatic heterocycles. The van der Waals surface area contributed by atoms with Gasteiger partial charge in [0.05, 0.1) is 4.90 Å². The molecule has 0 radical (unpaired) electrons. The fraction of sp³-hybridized carbons (Fsp3) is 0.667. The summed E-state index contributed by atoms with van der Waals surface area (Å²) >= 11 is 0. The summed E-state index contributed by atoms with van der Waals surface area (Å²) in [6, 6.07) is 6.24. The van der Waals surface area contributed by atoms with Crippen molar-refractivity contribution in [2.24, 2.45) is 0 Å². The summed E-state index contributed by atoms with van der Waals surface area (Å²) in [7, 11) is -5.30. The van der Waals surface area contributed by atoms with Gasteiger partial charge in [0.1, 0.15) is 0 Å². The molecule has 25 heavy (non-hydrogen) atoms. The molecule has 0 saturated heterocycles. The highest BCUT2D eigenvalue weighted by Gasteiger charge is 2.38. The monoisotopic (exact) mass is 365 g/mol. The molecule has 0 unspecified atom stereocenters. The molecule has 0 atom stereocenters. The number of sulfonamides is 1. The van der Waals surface area contributed by atoms with E-state index >= 15 is 0 Å². The van der Waals surface area contributed by atoms with Gasteiger partial charge in [0.15, 0.2) is 0 Å². The van der Waals surface area contributed by atoms with Crippen LogP contribution in [0.4, 0.5) is 0 Å². The normalized spacial score (nSPS) is 20.8. The number of hydrogen-bond acceptors (Lipinski definition) is 4. The predicted molar refractivity (Wildman–Crippen MR) is 99.0 cm³/mol. The van der Waals surface area contributed by atoms with E-state index in [0.29, 0.717) is 0 Å². The minimum Gasteiger partial charge on any atom is -0.423 e. The molecule has 2 aliphatic rings. The highest BCUT2D eigenvalue weighted by molar-refractivity contribution is 7.89. The summed E-state index contributed by atoms with van der Waals surface area (Å²) in [5, 5.41) is 18.8. The van der Waals surface area contributed by atoms with E-state index < -0.39 is 17.1 Å². The molecule has 0 aliphatic heterocycles. The van der Waals surface area contributed by atoms with Crippen LogP contribution in [0.15, 0.2) is 29.2 Å². The van der Waals surface area contributed by atoms with E-state index in [2.05, 4.69) is 0 Å². The van der Waals surface area contributed by atoms with Crippen LogP contribution in [0.25, 0.3) is 0 Å². The number of benzene rings is 1. The molecule has 2 N–H and O–H groups in total. The van der Waals surface area contributed by atoms with Gasteiger partial charge in [-0.3, -0.25) is 0 Å². The van der Waals surface area contributed by atoms with Crippen molar-refractivity contribution >= 4 is 22.6 Å². The van der Waals surface area contributed by atoms with E-state index in [4.69, 9.17) is 0 Å². The molecule has 1 aromatic rings. The minimum absolute atomic E-state index is 0.0737. The first kappa shape index (κ1) is 18.9. The second-order valence-electron chi connectivity index (χ2n) is 7.36. The van der Waals surface area contributed by atoms with Gasteiger partial charge in [-0.15, -0.1) is 0 Å². The summed E-state index contributed by atoms with van der Waals surface area (Å²) in [6.45, 7) is 0. The van der Waals surface area contributed by atoms with Crippen molar-refractivity contribution in [1.82, 2.24) is 4.31 Å². The van der Waals surface area contributed by atoms with Crippen LogP contribution >= 0.6 is 0 Å². The molecule has 2 aliphatic carbocycles. The van der Waals surface area contributed by atoms with Crippen molar-refractivity contribution in [2.75, 3.05) is 0 Å². The summed E-state index contributed by atoms with van der Waals surface area (Å²) < 4.78 is 28.7. The first-order valence-electron chi connectivity index (χ1n) is 9.50. The van der Waals surface area contributed by atoms with Crippen LogP contribution in [-0.4, -0.2) is 42.0 Å². The standard InChI is InChI=1S/C18H28BNO4S/c21-19(22)15-8-7-13-18(14-15)25(23,24)20(16-9-3-1-4-10-16)17-11-5-2-6-12-17/h7-8,13-14,16-17,21-22H,1-6,9-12H2. The van der Waals surface area contributed by atoms with Gasteiger partial charge >= 0.3 is 7.12 Å². The lowest BCUT2D eigenvalue weighted by Crippen LogP contribution is -2.48. The van der Waals surface area contributed by atoms with Crippen molar-refractivity contribution < 1.29 is 18.5 Å². The summed E-state index contributed by atoms with van der Waals surface area (Å²) in [4.78, 5) is 0.175. The number of hydrogen-bond donors (Lipinski definition) is 2. The van der Waals surface area contributed by atoms with Gasteiger partial charge in [-0.05, 0) is 43.3 Å². The molecular weight excluding hydrogens is 337 g/mol. The second kappa shape index (κ2) is 8.21. The van der Waals surface area contributed by atoms with Crippen molar-refractivity contribution in [2.45, 2.75) is 81.2 Å². The fourth-order valence-electron chi connectivity index (χ4n) is 4.32. The third-order valence-electron chi connectivity index (χ3n) is 5.60. The average Bonchev–Trinajstić information content (AvgIpc) is 2.63. The zero-order valence-electron chi connectivity index (χ0n) is 14.7. The lowest BCUT2D eigenvalue weighted by molar-refractivity contribution is 0.170. The first-order chi connectivity index (χ1) is 12.0. The first-order valence-corrected chi connectivity index (χ1v) is 10.9. The van der Waals surface area contributed by atoms with Crippen LogP contribution in [0.5, 0.6) is 0 Å². The molecule has 5 nitrogen and oxygen atoms in total. The van der Waals surface area contributed by atoms with E-state index in [1.54, 1.807) is 16.4 Å². The second-order valence-corrected chi connectivity index (χ2v) is 9.21. The Balaban J connectivity index is 1.96. The molecule has 0 amide bonds. The number of rotatable bonds is 5. The zero-order chi connectivity index (χ0) is 17.9. The molecule has 138 valence electrons. The Morgan fingerprint density at radius 2 is 1.40 bits per heavy atom. The molecule has 0 spiro atoms. The summed E-state index contributed by atoms with van der Waals surface area (Å²) in [6.07, 6.45) is 10.4. The molecule has 3 rings (SSSR count). The Hall–Kier alpha value is -0.885. The molecule has 1 aromatic carbocycles. The Morgan fingerprint density at radius 1 is 0.880 bits per heavy atom. The molecular formula is C18H28BNO4S. The lowest BCUT2D eigenvalue weighted by atomic mass is 9.80. The molecule has 2 fully saturated rings. The van der Waals surface area contributed by atoms with Gasteiger partial charge in [0, 0.05) is 12.1 Å². The Labute approximate surface area is 151 Å². The van der Waals surface area contributed by atoms with Crippen molar-refractivity contribution in [3.8, 4) is 0 Å². The number of nitrogens with zero attached hydrogens (tertiary/aromatic N) is 1. The van der Waals surface area contributed by atoms with Crippen molar-refractivity contribution in [1.29, 1.82) is 0 Å². The largest absolute Gasteiger partial charge is 0.488 e. The Bertz CT molecular complexity index is 649. The molecule has 2 saturated carbocycles. The third kappa shape index (κ3) is 4.27. The van der Waals surface area contributed by atoms with Gasteiger partial charge < -0.3 is 10.0 Å². The third-order valence-corrected chi connectivity index (χ3v) is 7.60. The smallest absolute Gasteiger partial charge is 0.423 e. The zero-order valence-corrected chi connectivity index (χ0v) is 15.5. The molecule has 0 bridgehead atoms. The minimum atomic E-state index is -3.65. The van der Waals surface area contributed by atoms with Crippen LogP contribution in [-0.2, 0) is 10.0 Å². The van der Waals surface area contributed by atoms with Crippen molar-refractivity contribution in [3.05, 3.63) is 24.3 Å². The maximum Gasteiger partial charge on any atom is 0.488 e. The highest BCUT2D eigenvalue weighted by atomic mass is 32.2. The van der Waals surface area contributed by atoms with E-state index in [0.717, 1.165) is 51.4 Å². The fourth-order valence-corrected chi connectivity index (χ4v) is 6.30. The van der Waals surface area contributed by atoms with Crippen LogP contribution in [0.1, 0.15) is 64.2 Å². The maximum absolute atomic E-state index is 13.5. The van der Waals surface area contributed by atoms with Gasteiger partial charge in [-0.25, -0.2) is 8.42 Å². The predicted octanol–water partition coefficient (Wildman–Crippen LogP) is 2.02. The van der Waals surface area contributed by atoms with Crippen LogP contribution < -0.4 is 5.46 Å². The van der Waals surface area contributed by atoms with Gasteiger partial charge in [-0.2, -0.15) is 4.31 Å². The van der Waals surface area contributed by atoms with Crippen LogP contribution in [0.3, 0.4) is 0 Å². The van der Waals surface area contributed by atoms with Gasteiger partial charge in [0.25, 0.3) is 0 Å². The summed E-state index contributed by atoms with van der Waals surface area (Å²) in [5.41, 5.74) is 0.216. The molecule has 7 heteroatoms. The molecule has 0 heterocycles. The lowest BCUT2D eigenvalue weighted by Gasteiger charge is -2.40. The topological polar surface area (TPSA) is 77.8 Å². The van der Waals surface area contributed by atoms with Crippen LogP contribution in [0, 0.1) is 0 Å². The van der Waals surface area contributed by atoms with Gasteiger partial charge in [0.2, 0.25) is 10.0 Å².